The van der Waals surface area contributed by atoms with Crippen molar-refractivity contribution in [2.75, 3.05) is 46.5 Å². The first kappa shape index (κ1) is 18.4. The monoisotopic (exact) mass is 300 g/mol. The number of likely N-dealkylation sites (tertiary alicyclic amines) is 1. The summed E-state index contributed by atoms with van der Waals surface area (Å²) < 4.78 is 10.5. The van der Waals surface area contributed by atoms with Crippen molar-refractivity contribution in [3.8, 4) is 0 Å². The Kier molecular flexibility index (Phi) is 8.22. The molecule has 0 spiro atoms. The van der Waals surface area contributed by atoms with E-state index in [0.29, 0.717) is 19.1 Å². The van der Waals surface area contributed by atoms with Crippen LogP contribution in [0.5, 0.6) is 0 Å². The number of nitrogens with one attached hydrogen (secondary N) is 1. The number of rotatable bonds is 9. The second kappa shape index (κ2) is 9.38. The van der Waals surface area contributed by atoms with Gasteiger partial charge in [-0.15, -0.1) is 0 Å². The average Bonchev–Trinajstić information content (AvgIpc) is 2.46. The highest BCUT2D eigenvalue weighted by Crippen LogP contribution is 2.19. The van der Waals surface area contributed by atoms with Crippen molar-refractivity contribution in [3.63, 3.8) is 0 Å². The summed E-state index contributed by atoms with van der Waals surface area (Å²) in [6.45, 7) is 10.7. The molecule has 0 aromatic carbocycles. The number of methoxy groups -OCH3 is 1. The van der Waals surface area contributed by atoms with Crippen molar-refractivity contribution in [2.24, 2.45) is 5.92 Å². The molecule has 0 aromatic heterocycles. The zero-order valence-electron chi connectivity index (χ0n) is 14.1. The van der Waals surface area contributed by atoms with Crippen LogP contribution < -0.4 is 5.32 Å². The molecule has 0 aliphatic carbocycles. The molecular formula is C16H32N2O3. The SMILES string of the molecule is CCCNC(C)(CN1CCCC(COC)C1)C(=O)OCC. The molecule has 5 heteroatoms. The first-order valence-corrected chi connectivity index (χ1v) is 8.19. The normalized spacial score (nSPS) is 22.8. The van der Waals surface area contributed by atoms with Crippen molar-refractivity contribution in [3.05, 3.63) is 0 Å². The van der Waals surface area contributed by atoms with Gasteiger partial charge in [0.05, 0.1) is 13.2 Å². The molecule has 0 radical (unpaired) electrons. The first-order valence-electron chi connectivity index (χ1n) is 8.19. The van der Waals surface area contributed by atoms with Gasteiger partial charge in [-0.25, -0.2) is 0 Å². The van der Waals surface area contributed by atoms with Crippen LogP contribution in [0.15, 0.2) is 0 Å². The number of piperidine rings is 1. The van der Waals surface area contributed by atoms with Crippen LogP contribution in [-0.4, -0.2) is 62.9 Å². The zero-order valence-corrected chi connectivity index (χ0v) is 14.1. The van der Waals surface area contributed by atoms with Crippen molar-refractivity contribution in [1.29, 1.82) is 0 Å². The quantitative estimate of drug-likeness (QED) is 0.656. The molecule has 1 aliphatic heterocycles. The molecule has 1 fully saturated rings. The van der Waals surface area contributed by atoms with Gasteiger partial charge in [0, 0.05) is 20.2 Å². The summed E-state index contributed by atoms with van der Waals surface area (Å²) in [5.41, 5.74) is -0.624. The molecule has 2 atom stereocenters. The van der Waals surface area contributed by atoms with Gasteiger partial charge in [-0.1, -0.05) is 6.92 Å². The Labute approximate surface area is 129 Å². The van der Waals surface area contributed by atoms with E-state index in [1.165, 1.54) is 12.8 Å². The van der Waals surface area contributed by atoms with Crippen LogP contribution in [0.25, 0.3) is 0 Å². The third-order valence-electron chi connectivity index (χ3n) is 4.04. The largest absolute Gasteiger partial charge is 0.465 e. The molecule has 0 aromatic rings. The molecule has 1 aliphatic rings. The second-order valence-corrected chi connectivity index (χ2v) is 6.18. The Balaban J connectivity index is 2.64. The molecule has 1 N–H and O–H groups in total. The Morgan fingerprint density at radius 3 is 2.81 bits per heavy atom. The van der Waals surface area contributed by atoms with Crippen LogP contribution in [0.1, 0.15) is 40.0 Å². The fourth-order valence-corrected chi connectivity index (χ4v) is 3.00. The number of esters is 1. The molecule has 124 valence electrons. The highest BCUT2D eigenvalue weighted by atomic mass is 16.5. The van der Waals surface area contributed by atoms with Gasteiger partial charge in [0.25, 0.3) is 0 Å². The summed E-state index contributed by atoms with van der Waals surface area (Å²) in [6.07, 6.45) is 3.38. The Bertz CT molecular complexity index is 310. The number of hydrogen-bond donors (Lipinski definition) is 1. The summed E-state index contributed by atoms with van der Waals surface area (Å²) in [7, 11) is 1.75. The van der Waals surface area contributed by atoms with Gasteiger partial charge in [-0.3, -0.25) is 4.79 Å². The smallest absolute Gasteiger partial charge is 0.327 e. The fourth-order valence-electron chi connectivity index (χ4n) is 3.00. The molecule has 1 heterocycles. The molecule has 1 saturated heterocycles. The van der Waals surface area contributed by atoms with Crippen LogP contribution >= 0.6 is 0 Å². The van der Waals surface area contributed by atoms with Gasteiger partial charge in [-0.05, 0) is 52.1 Å². The number of ether oxygens (including phenoxy) is 2. The van der Waals surface area contributed by atoms with Gasteiger partial charge in [0.15, 0.2) is 0 Å². The van der Waals surface area contributed by atoms with Crippen LogP contribution in [0.4, 0.5) is 0 Å². The van der Waals surface area contributed by atoms with Gasteiger partial charge in [-0.2, -0.15) is 0 Å². The number of hydrogen-bond acceptors (Lipinski definition) is 5. The van der Waals surface area contributed by atoms with Gasteiger partial charge in [0.2, 0.25) is 0 Å². The first-order chi connectivity index (χ1) is 10.1. The average molecular weight is 300 g/mol. The van der Waals surface area contributed by atoms with Crippen molar-refractivity contribution in [2.45, 2.75) is 45.6 Å². The summed E-state index contributed by atoms with van der Waals surface area (Å²) >= 11 is 0. The lowest BCUT2D eigenvalue weighted by molar-refractivity contribution is -0.151. The lowest BCUT2D eigenvalue weighted by Gasteiger charge is -2.38. The predicted molar refractivity (Wildman–Crippen MR) is 84.4 cm³/mol. The fraction of sp³-hybridized carbons (Fsp3) is 0.938. The molecule has 5 nitrogen and oxygen atoms in total. The van der Waals surface area contributed by atoms with Crippen LogP contribution in [0.2, 0.25) is 0 Å². The lowest BCUT2D eigenvalue weighted by atomic mass is 9.95. The minimum Gasteiger partial charge on any atom is -0.465 e. The van der Waals surface area contributed by atoms with Gasteiger partial charge < -0.3 is 19.7 Å². The summed E-state index contributed by atoms with van der Waals surface area (Å²) in [4.78, 5) is 14.7. The molecule has 1 rings (SSSR count). The molecule has 0 bridgehead atoms. The van der Waals surface area contributed by atoms with E-state index in [4.69, 9.17) is 9.47 Å². The minimum absolute atomic E-state index is 0.146. The van der Waals surface area contributed by atoms with Gasteiger partial charge >= 0.3 is 5.97 Å². The summed E-state index contributed by atoms with van der Waals surface area (Å²) in [5.74, 6) is 0.425. The third kappa shape index (κ3) is 5.93. The molecule has 2 unspecified atom stereocenters. The highest BCUT2D eigenvalue weighted by molar-refractivity contribution is 5.80. The van der Waals surface area contributed by atoms with E-state index < -0.39 is 5.54 Å². The molecule has 21 heavy (non-hydrogen) atoms. The highest BCUT2D eigenvalue weighted by Gasteiger charge is 2.37. The lowest BCUT2D eigenvalue weighted by Crippen LogP contribution is -2.59. The molecular weight excluding hydrogens is 268 g/mol. The van der Waals surface area contributed by atoms with Crippen molar-refractivity contribution in [1.82, 2.24) is 10.2 Å². The van der Waals surface area contributed by atoms with Crippen LogP contribution in [0.3, 0.4) is 0 Å². The van der Waals surface area contributed by atoms with E-state index in [-0.39, 0.29) is 5.97 Å². The summed E-state index contributed by atoms with van der Waals surface area (Å²) in [5, 5.41) is 3.38. The Morgan fingerprint density at radius 2 is 2.19 bits per heavy atom. The van der Waals surface area contributed by atoms with Crippen molar-refractivity contribution >= 4 is 5.97 Å². The molecule has 0 amide bonds. The number of nitrogens with zero attached hydrogens (tertiary/aromatic N) is 1. The van der Waals surface area contributed by atoms with E-state index in [1.807, 2.05) is 13.8 Å². The van der Waals surface area contributed by atoms with Crippen molar-refractivity contribution < 1.29 is 14.3 Å². The maximum absolute atomic E-state index is 12.3. The Hall–Kier alpha value is -0.650. The van der Waals surface area contributed by atoms with Crippen LogP contribution in [0, 0.1) is 5.92 Å². The predicted octanol–water partition coefficient (Wildman–Crippen LogP) is 1.67. The minimum atomic E-state index is -0.624. The van der Waals surface area contributed by atoms with E-state index >= 15 is 0 Å². The number of carbonyl (C=O) groups is 1. The number of carbonyl (C=O) groups excluding carboxylic acids is 1. The second-order valence-electron chi connectivity index (χ2n) is 6.18. The topological polar surface area (TPSA) is 50.8 Å². The van der Waals surface area contributed by atoms with Crippen LogP contribution in [-0.2, 0) is 14.3 Å². The maximum Gasteiger partial charge on any atom is 0.327 e. The van der Waals surface area contributed by atoms with E-state index in [2.05, 4.69) is 17.1 Å². The van der Waals surface area contributed by atoms with E-state index in [9.17, 15) is 4.79 Å². The maximum atomic E-state index is 12.3. The standard InChI is InChI=1S/C16H32N2O3/c1-5-9-17-16(3,15(19)21-6-2)13-18-10-7-8-14(11-18)12-20-4/h14,17H,5-13H2,1-4H3. The van der Waals surface area contributed by atoms with Gasteiger partial charge in [0.1, 0.15) is 5.54 Å². The van der Waals surface area contributed by atoms with E-state index in [0.717, 1.165) is 32.7 Å². The zero-order chi connectivity index (χ0) is 15.7. The molecule has 0 saturated carbocycles. The third-order valence-corrected chi connectivity index (χ3v) is 4.04. The Morgan fingerprint density at radius 1 is 1.43 bits per heavy atom. The van der Waals surface area contributed by atoms with E-state index in [1.54, 1.807) is 7.11 Å². The summed E-state index contributed by atoms with van der Waals surface area (Å²) in [6, 6.07) is 0.